The van der Waals surface area contributed by atoms with Gasteiger partial charge < -0.3 is 15.1 Å². The number of nitrogens with zero attached hydrogens (tertiary/aromatic N) is 3. The molecule has 168 valence electrons. The second-order valence-corrected chi connectivity index (χ2v) is 8.41. The summed E-state index contributed by atoms with van der Waals surface area (Å²) in [5.74, 6) is 0.291. The Morgan fingerprint density at radius 1 is 1.09 bits per heavy atom. The van der Waals surface area contributed by atoms with Crippen LogP contribution in [0.2, 0.25) is 5.02 Å². The average molecular weight is 482 g/mol. The number of hydrogen-bond acceptors (Lipinski definition) is 6. The predicted molar refractivity (Wildman–Crippen MR) is 127 cm³/mol. The van der Waals surface area contributed by atoms with Gasteiger partial charge in [0.2, 0.25) is 5.91 Å². The standard InChI is InChI=1S/C23H20ClN5O3S/c1-15(25-22(31)19-11-6-12-32-19)21-27-28-23(29(21)18-9-3-2-4-10-18)33-14-20(30)26-17-8-5-7-16(24)13-17/h2-13,15H,14H2,1H3,(H,25,31)(H,26,30)/t15-/m1/s1. The molecule has 0 aliphatic rings. The lowest BCUT2D eigenvalue weighted by molar-refractivity contribution is -0.113. The maximum Gasteiger partial charge on any atom is 0.287 e. The van der Waals surface area contributed by atoms with Crippen LogP contribution in [0.15, 0.2) is 82.6 Å². The summed E-state index contributed by atoms with van der Waals surface area (Å²) in [7, 11) is 0. The number of benzene rings is 2. The summed E-state index contributed by atoms with van der Waals surface area (Å²) >= 11 is 7.22. The molecule has 0 aliphatic carbocycles. The van der Waals surface area contributed by atoms with Gasteiger partial charge in [-0.25, -0.2) is 0 Å². The van der Waals surface area contributed by atoms with Gasteiger partial charge in [-0.2, -0.15) is 0 Å². The summed E-state index contributed by atoms with van der Waals surface area (Å²) in [6, 6.07) is 19.2. The van der Waals surface area contributed by atoms with Crippen molar-refractivity contribution in [3.8, 4) is 5.69 Å². The third kappa shape index (κ3) is 5.63. The van der Waals surface area contributed by atoms with Crippen LogP contribution in [0.25, 0.3) is 5.69 Å². The van der Waals surface area contributed by atoms with Crippen molar-refractivity contribution in [1.82, 2.24) is 20.1 Å². The number of amides is 2. The van der Waals surface area contributed by atoms with Crippen LogP contribution >= 0.6 is 23.4 Å². The van der Waals surface area contributed by atoms with E-state index >= 15 is 0 Å². The van der Waals surface area contributed by atoms with E-state index in [0.29, 0.717) is 21.7 Å². The second-order valence-electron chi connectivity index (χ2n) is 7.03. The Bertz CT molecular complexity index is 1240. The zero-order valence-electron chi connectivity index (χ0n) is 17.6. The molecule has 4 rings (SSSR count). The predicted octanol–water partition coefficient (Wildman–Crippen LogP) is 4.74. The summed E-state index contributed by atoms with van der Waals surface area (Å²) in [6.07, 6.45) is 1.44. The van der Waals surface area contributed by atoms with E-state index in [1.807, 2.05) is 41.8 Å². The highest BCUT2D eigenvalue weighted by Gasteiger charge is 2.22. The Labute approximate surface area is 199 Å². The molecule has 0 spiro atoms. The molecule has 0 aliphatic heterocycles. The van der Waals surface area contributed by atoms with Crippen molar-refractivity contribution >= 4 is 40.9 Å². The number of halogens is 1. The molecule has 2 aromatic heterocycles. The van der Waals surface area contributed by atoms with E-state index in [2.05, 4.69) is 20.8 Å². The van der Waals surface area contributed by atoms with E-state index < -0.39 is 6.04 Å². The molecule has 4 aromatic rings. The van der Waals surface area contributed by atoms with E-state index in [1.165, 1.54) is 18.0 Å². The molecule has 33 heavy (non-hydrogen) atoms. The highest BCUT2D eigenvalue weighted by atomic mass is 35.5. The minimum atomic E-state index is -0.468. The number of thioether (sulfide) groups is 1. The van der Waals surface area contributed by atoms with Crippen LogP contribution in [-0.4, -0.2) is 32.3 Å². The Morgan fingerprint density at radius 2 is 1.91 bits per heavy atom. The Morgan fingerprint density at radius 3 is 2.64 bits per heavy atom. The van der Waals surface area contributed by atoms with Crippen molar-refractivity contribution in [2.75, 3.05) is 11.1 Å². The van der Waals surface area contributed by atoms with Crippen molar-refractivity contribution in [1.29, 1.82) is 0 Å². The zero-order chi connectivity index (χ0) is 23.2. The second kappa shape index (κ2) is 10.4. The lowest BCUT2D eigenvalue weighted by atomic mass is 10.2. The molecule has 1 atom stereocenters. The summed E-state index contributed by atoms with van der Waals surface area (Å²) in [4.78, 5) is 24.9. The molecule has 0 bridgehead atoms. The largest absolute Gasteiger partial charge is 0.459 e. The number of para-hydroxylation sites is 1. The third-order valence-corrected chi connectivity index (χ3v) is 5.76. The van der Waals surface area contributed by atoms with E-state index in [0.717, 1.165) is 5.69 Å². The monoisotopic (exact) mass is 481 g/mol. The van der Waals surface area contributed by atoms with Crippen LogP contribution in [0.3, 0.4) is 0 Å². The molecule has 2 heterocycles. The first-order valence-corrected chi connectivity index (χ1v) is 11.4. The molecule has 0 saturated heterocycles. The van der Waals surface area contributed by atoms with Crippen LogP contribution in [-0.2, 0) is 4.79 Å². The summed E-state index contributed by atoms with van der Waals surface area (Å²) < 4.78 is 6.99. The minimum absolute atomic E-state index is 0.116. The van der Waals surface area contributed by atoms with Crippen molar-refractivity contribution < 1.29 is 14.0 Å². The molecule has 0 unspecified atom stereocenters. The smallest absolute Gasteiger partial charge is 0.287 e. The fraction of sp³-hybridized carbons (Fsp3) is 0.130. The molecule has 2 amide bonds. The number of aromatic nitrogens is 3. The molecular weight excluding hydrogens is 462 g/mol. The van der Waals surface area contributed by atoms with Crippen molar-refractivity contribution in [3.63, 3.8) is 0 Å². The van der Waals surface area contributed by atoms with E-state index in [1.54, 1.807) is 36.4 Å². The fourth-order valence-corrected chi connectivity index (χ4v) is 4.06. The normalized spacial score (nSPS) is 11.7. The number of carbonyl (C=O) groups is 2. The maximum atomic E-state index is 12.5. The van der Waals surface area contributed by atoms with Crippen molar-refractivity contribution in [2.45, 2.75) is 18.1 Å². The van der Waals surface area contributed by atoms with Gasteiger partial charge in [-0.15, -0.1) is 10.2 Å². The summed E-state index contributed by atoms with van der Waals surface area (Å²) in [5, 5.41) is 15.3. The Hall–Kier alpha value is -3.56. The number of furan rings is 1. The molecule has 0 fully saturated rings. The first-order chi connectivity index (χ1) is 16.0. The summed E-state index contributed by atoms with van der Waals surface area (Å²) in [5.41, 5.74) is 1.43. The first-order valence-electron chi connectivity index (χ1n) is 10.0. The van der Waals surface area contributed by atoms with E-state index in [4.69, 9.17) is 16.0 Å². The number of hydrogen-bond donors (Lipinski definition) is 2. The Balaban J connectivity index is 1.52. The Kier molecular flexibility index (Phi) is 7.11. The molecule has 10 heteroatoms. The lowest BCUT2D eigenvalue weighted by Gasteiger charge is -2.15. The molecule has 2 N–H and O–H groups in total. The van der Waals surface area contributed by atoms with Crippen LogP contribution < -0.4 is 10.6 Å². The number of rotatable bonds is 8. The third-order valence-electron chi connectivity index (χ3n) is 4.59. The fourth-order valence-electron chi connectivity index (χ4n) is 3.11. The molecule has 8 nitrogen and oxygen atoms in total. The topological polar surface area (TPSA) is 102 Å². The van der Waals surface area contributed by atoms with Gasteiger partial charge in [-0.3, -0.25) is 14.2 Å². The van der Waals surface area contributed by atoms with Crippen LogP contribution in [0.5, 0.6) is 0 Å². The van der Waals surface area contributed by atoms with Crippen molar-refractivity contribution in [2.24, 2.45) is 0 Å². The zero-order valence-corrected chi connectivity index (χ0v) is 19.1. The lowest BCUT2D eigenvalue weighted by Crippen LogP contribution is -2.28. The highest BCUT2D eigenvalue weighted by Crippen LogP contribution is 2.25. The highest BCUT2D eigenvalue weighted by molar-refractivity contribution is 7.99. The number of anilines is 1. The SMILES string of the molecule is C[C@@H](NC(=O)c1ccco1)c1nnc(SCC(=O)Nc2cccc(Cl)c2)n1-c1ccccc1. The molecular formula is C23H20ClN5O3S. The van der Waals surface area contributed by atoms with Crippen molar-refractivity contribution in [3.05, 3.63) is 89.6 Å². The summed E-state index contributed by atoms with van der Waals surface area (Å²) in [6.45, 7) is 1.81. The minimum Gasteiger partial charge on any atom is -0.459 e. The van der Waals surface area contributed by atoms with Gasteiger partial charge in [0.05, 0.1) is 18.1 Å². The van der Waals surface area contributed by atoms with Gasteiger partial charge in [0.15, 0.2) is 16.7 Å². The number of nitrogens with one attached hydrogen (secondary N) is 2. The van der Waals surface area contributed by atoms with Gasteiger partial charge in [-0.1, -0.05) is 47.6 Å². The van der Waals surface area contributed by atoms with E-state index in [-0.39, 0.29) is 23.3 Å². The molecule has 0 radical (unpaired) electrons. The van der Waals surface area contributed by atoms with Gasteiger partial charge in [-0.05, 0) is 49.4 Å². The molecule has 2 aromatic carbocycles. The van der Waals surface area contributed by atoms with Crippen LogP contribution in [0, 0.1) is 0 Å². The molecule has 0 saturated carbocycles. The first kappa shape index (κ1) is 22.6. The average Bonchev–Trinajstić information content (AvgIpc) is 3.49. The van der Waals surface area contributed by atoms with Gasteiger partial charge in [0.25, 0.3) is 5.91 Å². The number of carbonyl (C=O) groups excluding carboxylic acids is 2. The quantitative estimate of drug-likeness (QED) is 0.352. The van der Waals surface area contributed by atoms with Gasteiger partial charge in [0, 0.05) is 16.4 Å². The van der Waals surface area contributed by atoms with Crippen LogP contribution in [0.1, 0.15) is 29.3 Å². The maximum absolute atomic E-state index is 12.5. The van der Waals surface area contributed by atoms with Gasteiger partial charge in [0.1, 0.15) is 0 Å². The van der Waals surface area contributed by atoms with Crippen LogP contribution in [0.4, 0.5) is 5.69 Å². The van der Waals surface area contributed by atoms with Gasteiger partial charge >= 0.3 is 0 Å². The van der Waals surface area contributed by atoms with E-state index in [9.17, 15) is 9.59 Å².